The van der Waals surface area contributed by atoms with Crippen molar-refractivity contribution in [3.63, 3.8) is 0 Å². The van der Waals surface area contributed by atoms with Gasteiger partial charge in [-0.2, -0.15) is 5.26 Å². The number of para-hydroxylation sites is 1. The van der Waals surface area contributed by atoms with Gasteiger partial charge in [-0.1, -0.05) is 18.2 Å². The number of rotatable bonds is 5. The molecule has 6 nitrogen and oxygen atoms in total. The molecule has 2 heterocycles. The van der Waals surface area contributed by atoms with Crippen LogP contribution in [-0.2, 0) is 10.5 Å². The molecule has 0 radical (unpaired) electrons. The van der Waals surface area contributed by atoms with Crippen molar-refractivity contribution >= 4 is 29.0 Å². The SMILES string of the molecule is Cc1ccc2nc(CSCC(=O)Nc3ccccc3C#N)cc(=O)n2c1. The minimum Gasteiger partial charge on any atom is -0.324 e. The second-order valence-electron chi connectivity index (χ2n) is 5.72. The fourth-order valence-corrected chi connectivity index (χ4v) is 3.17. The first kappa shape index (κ1) is 17.7. The molecule has 0 saturated carbocycles. The Morgan fingerprint density at radius 1 is 1.31 bits per heavy atom. The van der Waals surface area contributed by atoms with E-state index in [0.717, 1.165) is 5.56 Å². The summed E-state index contributed by atoms with van der Waals surface area (Å²) in [5.74, 6) is 0.451. The molecule has 0 atom stereocenters. The molecule has 3 aromatic rings. The number of hydrogen-bond donors (Lipinski definition) is 1. The summed E-state index contributed by atoms with van der Waals surface area (Å²) in [6.07, 6.45) is 1.75. The number of nitriles is 1. The lowest BCUT2D eigenvalue weighted by Crippen LogP contribution is -2.17. The normalized spacial score (nSPS) is 10.5. The van der Waals surface area contributed by atoms with Gasteiger partial charge in [0.15, 0.2) is 0 Å². The third-order valence-corrected chi connectivity index (χ3v) is 4.63. The van der Waals surface area contributed by atoms with Crippen LogP contribution in [-0.4, -0.2) is 21.0 Å². The molecule has 0 unspecified atom stereocenters. The van der Waals surface area contributed by atoms with Crippen LogP contribution in [0.2, 0.25) is 0 Å². The molecular weight excluding hydrogens is 348 g/mol. The van der Waals surface area contributed by atoms with Gasteiger partial charge in [0.25, 0.3) is 5.56 Å². The zero-order valence-corrected chi connectivity index (χ0v) is 14.9. The molecule has 1 amide bonds. The lowest BCUT2D eigenvalue weighted by atomic mass is 10.2. The number of pyridine rings is 1. The highest BCUT2D eigenvalue weighted by Gasteiger charge is 2.08. The maximum absolute atomic E-state index is 12.2. The third kappa shape index (κ3) is 4.10. The molecule has 0 saturated heterocycles. The first-order chi connectivity index (χ1) is 12.6. The smallest absolute Gasteiger partial charge is 0.258 e. The number of carbonyl (C=O) groups is 1. The summed E-state index contributed by atoms with van der Waals surface area (Å²) in [5.41, 5.74) is 2.99. The van der Waals surface area contributed by atoms with Crippen LogP contribution in [0.4, 0.5) is 5.69 Å². The Kier molecular flexibility index (Phi) is 5.34. The van der Waals surface area contributed by atoms with Crippen molar-refractivity contribution in [2.75, 3.05) is 11.1 Å². The second-order valence-corrected chi connectivity index (χ2v) is 6.70. The molecule has 1 aromatic carbocycles. The molecule has 2 aromatic heterocycles. The summed E-state index contributed by atoms with van der Waals surface area (Å²) in [6, 6.07) is 14.1. The summed E-state index contributed by atoms with van der Waals surface area (Å²) >= 11 is 1.36. The van der Waals surface area contributed by atoms with E-state index >= 15 is 0 Å². The maximum Gasteiger partial charge on any atom is 0.258 e. The molecule has 0 bridgehead atoms. The molecule has 0 aliphatic heterocycles. The van der Waals surface area contributed by atoms with Crippen molar-refractivity contribution in [3.8, 4) is 6.07 Å². The van der Waals surface area contributed by atoms with Crippen LogP contribution in [0.25, 0.3) is 5.65 Å². The van der Waals surface area contributed by atoms with E-state index in [0.29, 0.717) is 28.3 Å². The van der Waals surface area contributed by atoms with Gasteiger partial charge in [-0.3, -0.25) is 14.0 Å². The van der Waals surface area contributed by atoms with Gasteiger partial charge in [0.2, 0.25) is 5.91 Å². The van der Waals surface area contributed by atoms with Gasteiger partial charge in [0.1, 0.15) is 11.7 Å². The molecule has 1 N–H and O–H groups in total. The molecule has 26 heavy (non-hydrogen) atoms. The number of aromatic nitrogens is 2. The minimum atomic E-state index is -0.203. The summed E-state index contributed by atoms with van der Waals surface area (Å²) in [5, 5.41) is 11.8. The number of anilines is 1. The van der Waals surface area contributed by atoms with Gasteiger partial charge < -0.3 is 5.32 Å². The molecule has 3 rings (SSSR count). The van der Waals surface area contributed by atoms with Crippen molar-refractivity contribution in [1.29, 1.82) is 5.26 Å². The number of carbonyl (C=O) groups excluding carboxylic acids is 1. The quantitative estimate of drug-likeness (QED) is 0.752. The zero-order chi connectivity index (χ0) is 18.5. The first-order valence-electron chi connectivity index (χ1n) is 7.92. The molecule has 0 aliphatic rings. The number of thioether (sulfide) groups is 1. The van der Waals surface area contributed by atoms with E-state index in [1.165, 1.54) is 22.2 Å². The number of hydrogen-bond acceptors (Lipinski definition) is 5. The predicted molar refractivity (Wildman–Crippen MR) is 102 cm³/mol. The molecule has 0 spiro atoms. The van der Waals surface area contributed by atoms with Crippen LogP contribution in [0.15, 0.2) is 53.5 Å². The van der Waals surface area contributed by atoms with Gasteiger partial charge in [-0.25, -0.2) is 4.98 Å². The molecule has 130 valence electrons. The van der Waals surface area contributed by atoms with E-state index in [2.05, 4.69) is 10.3 Å². The zero-order valence-electron chi connectivity index (χ0n) is 14.1. The van der Waals surface area contributed by atoms with Crippen molar-refractivity contribution in [2.24, 2.45) is 0 Å². The second kappa shape index (κ2) is 7.85. The van der Waals surface area contributed by atoms with E-state index in [4.69, 9.17) is 5.26 Å². The summed E-state index contributed by atoms with van der Waals surface area (Å²) < 4.78 is 1.51. The van der Waals surface area contributed by atoms with Crippen LogP contribution < -0.4 is 10.9 Å². The predicted octanol–water partition coefficient (Wildman–Crippen LogP) is 2.75. The van der Waals surface area contributed by atoms with E-state index in [-0.39, 0.29) is 17.2 Å². The van der Waals surface area contributed by atoms with Crippen molar-refractivity contribution < 1.29 is 4.79 Å². The van der Waals surface area contributed by atoms with Gasteiger partial charge in [-0.15, -0.1) is 11.8 Å². The van der Waals surface area contributed by atoms with Crippen LogP contribution in [0.1, 0.15) is 16.8 Å². The number of benzene rings is 1. The molecule has 0 aliphatic carbocycles. The fourth-order valence-electron chi connectivity index (χ4n) is 2.46. The van der Waals surface area contributed by atoms with Gasteiger partial charge in [-0.05, 0) is 30.7 Å². The molecule has 7 heteroatoms. The van der Waals surface area contributed by atoms with Crippen LogP contribution in [0, 0.1) is 18.3 Å². The Bertz CT molecular complexity index is 1070. The summed E-state index contributed by atoms with van der Waals surface area (Å²) in [6.45, 7) is 1.92. The average molecular weight is 364 g/mol. The highest BCUT2D eigenvalue weighted by Crippen LogP contribution is 2.15. The third-order valence-electron chi connectivity index (χ3n) is 3.67. The Hall–Kier alpha value is -3.11. The topological polar surface area (TPSA) is 87.3 Å². The van der Waals surface area contributed by atoms with Crippen LogP contribution in [0.3, 0.4) is 0 Å². The van der Waals surface area contributed by atoms with Crippen LogP contribution >= 0.6 is 11.8 Å². The largest absolute Gasteiger partial charge is 0.324 e. The number of nitrogens with zero attached hydrogens (tertiary/aromatic N) is 3. The lowest BCUT2D eigenvalue weighted by Gasteiger charge is -2.07. The molecular formula is C19H16N4O2S. The number of amides is 1. The summed E-state index contributed by atoms with van der Waals surface area (Å²) in [4.78, 5) is 28.7. The highest BCUT2D eigenvalue weighted by molar-refractivity contribution is 7.99. The lowest BCUT2D eigenvalue weighted by molar-refractivity contribution is -0.113. The number of nitrogens with one attached hydrogen (secondary N) is 1. The van der Waals surface area contributed by atoms with Crippen molar-refractivity contribution in [2.45, 2.75) is 12.7 Å². The standard InChI is InChI=1S/C19H16N4O2S/c1-13-6-7-17-21-15(8-19(25)23(17)10-13)11-26-12-18(24)22-16-5-3-2-4-14(16)9-20/h2-8,10H,11-12H2,1H3,(H,22,24). The molecule has 0 fully saturated rings. The van der Waals surface area contributed by atoms with Crippen molar-refractivity contribution in [1.82, 2.24) is 9.38 Å². The van der Waals surface area contributed by atoms with Crippen molar-refractivity contribution in [3.05, 3.63) is 75.8 Å². The Morgan fingerprint density at radius 3 is 2.92 bits per heavy atom. The van der Waals surface area contributed by atoms with E-state index in [9.17, 15) is 9.59 Å². The average Bonchev–Trinajstić information content (AvgIpc) is 2.63. The van der Waals surface area contributed by atoms with Crippen LogP contribution in [0.5, 0.6) is 0 Å². The van der Waals surface area contributed by atoms with E-state index in [1.807, 2.05) is 19.1 Å². The van der Waals surface area contributed by atoms with Gasteiger partial charge in [0.05, 0.1) is 22.7 Å². The first-order valence-corrected chi connectivity index (χ1v) is 9.08. The Labute approximate surface area is 154 Å². The maximum atomic E-state index is 12.2. The Morgan fingerprint density at radius 2 is 2.12 bits per heavy atom. The number of fused-ring (bicyclic) bond motifs is 1. The monoisotopic (exact) mass is 364 g/mol. The number of aryl methyl sites for hydroxylation is 1. The van der Waals surface area contributed by atoms with E-state index < -0.39 is 0 Å². The highest BCUT2D eigenvalue weighted by atomic mass is 32.2. The summed E-state index contributed by atoms with van der Waals surface area (Å²) in [7, 11) is 0. The van der Waals surface area contributed by atoms with Gasteiger partial charge >= 0.3 is 0 Å². The fraction of sp³-hybridized carbons (Fsp3) is 0.158. The Balaban J connectivity index is 1.62. The minimum absolute atomic E-state index is 0.137. The van der Waals surface area contributed by atoms with Gasteiger partial charge in [0, 0.05) is 18.0 Å². The van der Waals surface area contributed by atoms with E-state index in [1.54, 1.807) is 36.5 Å².